The van der Waals surface area contributed by atoms with Crippen molar-refractivity contribution in [1.29, 1.82) is 0 Å². The fraction of sp³-hybridized carbons (Fsp3) is 0.615. The standard InChI is InChI=1S/C13H22N2O2/c1-10(2)13(16)15-7-6-14-11(3)9-12-5-4-8-17-12/h4-5,8,10-11,14H,6-7,9H2,1-3H3,(H,15,16). The van der Waals surface area contributed by atoms with E-state index in [-0.39, 0.29) is 11.8 Å². The second-order valence-corrected chi connectivity index (χ2v) is 4.58. The van der Waals surface area contributed by atoms with Gasteiger partial charge in [0, 0.05) is 31.5 Å². The molecule has 0 spiro atoms. The Kier molecular flexibility index (Phi) is 5.77. The van der Waals surface area contributed by atoms with Crippen molar-refractivity contribution in [2.75, 3.05) is 13.1 Å². The largest absolute Gasteiger partial charge is 0.469 e. The lowest BCUT2D eigenvalue weighted by Gasteiger charge is -2.13. The molecule has 1 aromatic rings. The van der Waals surface area contributed by atoms with Crippen molar-refractivity contribution >= 4 is 5.91 Å². The second kappa shape index (κ2) is 7.12. The first-order chi connectivity index (χ1) is 8.09. The molecular weight excluding hydrogens is 216 g/mol. The maximum Gasteiger partial charge on any atom is 0.222 e. The minimum Gasteiger partial charge on any atom is -0.469 e. The monoisotopic (exact) mass is 238 g/mol. The first-order valence-corrected chi connectivity index (χ1v) is 6.13. The fourth-order valence-electron chi connectivity index (χ4n) is 1.51. The van der Waals surface area contributed by atoms with Gasteiger partial charge in [0.2, 0.25) is 5.91 Å². The van der Waals surface area contributed by atoms with E-state index in [0.29, 0.717) is 12.6 Å². The summed E-state index contributed by atoms with van der Waals surface area (Å²) in [6, 6.07) is 4.21. The zero-order valence-electron chi connectivity index (χ0n) is 10.8. The number of carbonyl (C=O) groups is 1. The Hall–Kier alpha value is -1.29. The van der Waals surface area contributed by atoms with Gasteiger partial charge in [0.05, 0.1) is 6.26 Å². The van der Waals surface area contributed by atoms with Crippen molar-refractivity contribution in [3.05, 3.63) is 24.2 Å². The summed E-state index contributed by atoms with van der Waals surface area (Å²) in [5.74, 6) is 1.14. The van der Waals surface area contributed by atoms with Gasteiger partial charge in [-0.1, -0.05) is 13.8 Å². The van der Waals surface area contributed by atoms with Crippen LogP contribution in [0, 0.1) is 5.92 Å². The van der Waals surface area contributed by atoms with E-state index in [4.69, 9.17) is 4.42 Å². The van der Waals surface area contributed by atoms with Gasteiger partial charge >= 0.3 is 0 Å². The molecule has 0 aliphatic carbocycles. The number of carbonyl (C=O) groups excluding carboxylic acids is 1. The minimum atomic E-state index is 0.0514. The molecule has 0 saturated carbocycles. The van der Waals surface area contributed by atoms with Gasteiger partial charge in [0.25, 0.3) is 0 Å². The highest BCUT2D eigenvalue weighted by Crippen LogP contribution is 2.03. The Bertz CT molecular complexity index is 320. The molecule has 1 heterocycles. The van der Waals surface area contributed by atoms with Crippen LogP contribution in [0.4, 0.5) is 0 Å². The summed E-state index contributed by atoms with van der Waals surface area (Å²) in [4.78, 5) is 11.3. The third-order valence-electron chi connectivity index (χ3n) is 2.53. The summed E-state index contributed by atoms with van der Waals surface area (Å²) < 4.78 is 5.27. The van der Waals surface area contributed by atoms with Gasteiger partial charge in [-0.15, -0.1) is 0 Å². The van der Waals surface area contributed by atoms with Crippen molar-refractivity contribution in [2.45, 2.75) is 33.2 Å². The molecule has 0 aromatic carbocycles. The van der Waals surface area contributed by atoms with Crippen molar-refractivity contribution in [1.82, 2.24) is 10.6 Å². The lowest BCUT2D eigenvalue weighted by Crippen LogP contribution is -2.37. The van der Waals surface area contributed by atoms with Crippen LogP contribution in [0.2, 0.25) is 0 Å². The van der Waals surface area contributed by atoms with Crippen LogP contribution < -0.4 is 10.6 Å². The highest BCUT2D eigenvalue weighted by molar-refractivity contribution is 5.77. The number of rotatable bonds is 7. The van der Waals surface area contributed by atoms with Crippen LogP contribution in [0.25, 0.3) is 0 Å². The van der Waals surface area contributed by atoms with Gasteiger partial charge in [0.1, 0.15) is 5.76 Å². The average molecular weight is 238 g/mol. The summed E-state index contributed by atoms with van der Waals surface area (Å²) in [5.41, 5.74) is 0. The van der Waals surface area contributed by atoms with E-state index in [1.165, 1.54) is 0 Å². The molecule has 0 saturated heterocycles. The van der Waals surface area contributed by atoms with Crippen LogP contribution >= 0.6 is 0 Å². The molecule has 96 valence electrons. The molecular formula is C13H22N2O2. The van der Waals surface area contributed by atoms with Gasteiger partial charge in [-0.3, -0.25) is 4.79 Å². The van der Waals surface area contributed by atoms with Crippen LogP contribution in [0.15, 0.2) is 22.8 Å². The Morgan fingerprint density at radius 1 is 1.35 bits per heavy atom. The lowest BCUT2D eigenvalue weighted by atomic mass is 10.2. The summed E-state index contributed by atoms with van der Waals surface area (Å²) in [5, 5.41) is 6.21. The highest BCUT2D eigenvalue weighted by Gasteiger charge is 2.07. The molecule has 0 aliphatic rings. The van der Waals surface area contributed by atoms with Crippen LogP contribution in [0.5, 0.6) is 0 Å². The SMILES string of the molecule is CC(Cc1ccco1)NCCNC(=O)C(C)C. The van der Waals surface area contributed by atoms with E-state index in [0.717, 1.165) is 18.7 Å². The average Bonchev–Trinajstić information content (AvgIpc) is 2.76. The first-order valence-electron chi connectivity index (χ1n) is 6.13. The Morgan fingerprint density at radius 3 is 2.71 bits per heavy atom. The zero-order chi connectivity index (χ0) is 12.7. The topological polar surface area (TPSA) is 54.3 Å². The van der Waals surface area contributed by atoms with E-state index < -0.39 is 0 Å². The predicted octanol–water partition coefficient (Wildman–Crippen LogP) is 1.57. The molecule has 0 aliphatic heterocycles. The molecule has 4 heteroatoms. The molecule has 17 heavy (non-hydrogen) atoms. The maximum absolute atomic E-state index is 11.3. The maximum atomic E-state index is 11.3. The third-order valence-corrected chi connectivity index (χ3v) is 2.53. The molecule has 0 bridgehead atoms. The molecule has 4 nitrogen and oxygen atoms in total. The first kappa shape index (κ1) is 13.8. The zero-order valence-corrected chi connectivity index (χ0v) is 10.8. The van der Waals surface area contributed by atoms with Gasteiger partial charge in [-0.2, -0.15) is 0 Å². The van der Waals surface area contributed by atoms with Crippen LogP contribution in [-0.4, -0.2) is 25.0 Å². The van der Waals surface area contributed by atoms with E-state index in [1.807, 2.05) is 26.0 Å². The number of hydrogen-bond acceptors (Lipinski definition) is 3. The third kappa shape index (κ3) is 5.54. The lowest BCUT2D eigenvalue weighted by molar-refractivity contribution is -0.123. The van der Waals surface area contributed by atoms with E-state index in [9.17, 15) is 4.79 Å². The molecule has 2 N–H and O–H groups in total. The van der Waals surface area contributed by atoms with Crippen LogP contribution in [0.3, 0.4) is 0 Å². The summed E-state index contributed by atoms with van der Waals surface area (Å²) in [6.07, 6.45) is 2.55. The highest BCUT2D eigenvalue weighted by atomic mass is 16.3. The van der Waals surface area contributed by atoms with Crippen molar-refractivity contribution in [3.63, 3.8) is 0 Å². The summed E-state index contributed by atoms with van der Waals surface area (Å²) in [7, 11) is 0. The number of amides is 1. The van der Waals surface area contributed by atoms with E-state index >= 15 is 0 Å². The quantitative estimate of drug-likeness (QED) is 0.709. The Balaban J connectivity index is 2.08. The smallest absolute Gasteiger partial charge is 0.222 e. The van der Waals surface area contributed by atoms with Crippen LogP contribution in [0.1, 0.15) is 26.5 Å². The van der Waals surface area contributed by atoms with Crippen LogP contribution in [-0.2, 0) is 11.2 Å². The Labute approximate surface area is 103 Å². The number of furan rings is 1. The Morgan fingerprint density at radius 2 is 2.12 bits per heavy atom. The van der Waals surface area contributed by atoms with Crippen molar-refractivity contribution in [3.8, 4) is 0 Å². The summed E-state index contributed by atoms with van der Waals surface area (Å²) >= 11 is 0. The molecule has 1 rings (SSSR count). The number of hydrogen-bond donors (Lipinski definition) is 2. The van der Waals surface area contributed by atoms with Gasteiger partial charge in [-0.25, -0.2) is 0 Å². The molecule has 0 fully saturated rings. The van der Waals surface area contributed by atoms with Gasteiger partial charge in [-0.05, 0) is 19.1 Å². The van der Waals surface area contributed by atoms with E-state index in [2.05, 4.69) is 17.6 Å². The summed E-state index contributed by atoms with van der Waals surface area (Å²) in [6.45, 7) is 7.33. The molecule has 1 amide bonds. The van der Waals surface area contributed by atoms with Gasteiger partial charge < -0.3 is 15.1 Å². The molecule has 1 atom stereocenters. The molecule has 1 aromatic heterocycles. The fourth-order valence-corrected chi connectivity index (χ4v) is 1.51. The molecule has 0 radical (unpaired) electrons. The normalized spacial score (nSPS) is 12.7. The van der Waals surface area contributed by atoms with Gasteiger partial charge in [0.15, 0.2) is 0 Å². The predicted molar refractivity (Wildman–Crippen MR) is 67.7 cm³/mol. The number of nitrogens with one attached hydrogen (secondary N) is 2. The second-order valence-electron chi connectivity index (χ2n) is 4.58. The minimum absolute atomic E-state index is 0.0514. The van der Waals surface area contributed by atoms with Crippen molar-refractivity contribution in [2.24, 2.45) is 5.92 Å². The van der Waals surface area contributed by atoms with Crippen molar-refractivity contribution < 1.29 is 9.21 Å². The molecule has 1 unspecified atom stereocenters. The van der Waals surface area contributed by atoms with E-state index in [1.54, 1.807) is 6.26 Å².